The van der Waals surface area contributed by atoms with Crippen LogP contribution in [-0.4, -0.2) is 27.9 Å². The first-order valence-electron chi connectivity index (χ1n) is 6.65. The molecule has 0 aliphatic rings. The first kappa shape index (κ1) is 16.5. The molecule has 1 aromatic carbocycles. The lowest BCUT2D eigenvalue weighted by Gasteiger charge is -2.19. The van der Waals surface area contributed by atoms with E-state index >= 15 is 0 Å². The van der Waals surface area contributed by atoms with Gasteiger partial charge in [-0.15, -0.1) is 0 Å². The summed E-state index contributed by atoms with van der Waals surface area (Å²) in [5.74, 6) is -2.24. The second-order valence-corrected chi connectivity index (χ2v) is 5.70. The molecule has 8 heteroatoms. The lowest BCUT2D eigenvalue weighted by Crippen LogP contribution is -2.27. The maximum Gasteiger partial charge on any atom is 0.412 e. The fourth-order valence-electron chi connectivity index (χ4n) is 1.78. The third-order valence-electron chi connectivity index (χ3n) is 2.66. The summed E-state index contributed by atoms with van der Waals surface area (Å²) in [6.45, 7) is 5.11. The highest BCUT2D eigenvalue weighted by atomic mass is 19.1. The second-order valence-electron chi connectivity index (χ2n) is 5.70. The van der Waals surface area contributed by atoms with Gasteiger partial charge < -0.3 is 14.4 Å². The molecule has 0 atom stereocenters. The number of carboxylic acid groups (broad SMARTS) is 1. The van der Waals surface area contributed by atoms with Gasteiger partial charge in [0, 0.05) is 5.69 Å². The molecule has 2 N–H and O–H groups in total. The predicted octanol–water partition coefficient (Wildman–Crippen LogP) is 3.53. The number of hydrogen-bond donors (Lipinski definition) is 2. The van der Waals surface area contributed by atoms with E-state index in [1.54, 1.807) is 20.8 Å². The average molecular weight is 322 g/mol. The Hall–Kier alpha value is -2.90. The molecule has 1 amide bonds. The van der Waals surface area contributed by atoms with E-state index in [4.69, 9.17) is 14.4 Å². The van der Waals surface area contributed by atoms with Crippen molar-refractivity contribution in [3.63, 3.8) is 0 Å². The van der Waals surface area contributed by atoms with Crippen molar-refractivity contribution in [2.75, 3.05) is 5.32 Å². The smallest absolute Gasteiger partial charge is 0.412 e. The van der Waals surface area contributed by atoms with E-state index in [1.807, 2.05) is 0 Å². The number of ether oxygens (including phenoxy) is 1. The van der Waals surface area contributed by atoms with Crippen LogP contribution in [0, 0.1) is 5.82 Å². The molecule has 23 heavy (non-hydrogen) atoms. The van der Waals surface area contributed by atoms with E-state index in [0.29, 0.717) is 0 Å². The molecular formula is C15H15FN2O5. The standard InChI is InChI=1S/C15H15FN2O5/c1-15(2,3)22-14(21)18-8-4-5-11(16)9(6-8)12-10(13(19)20)7-17-23-12/h4-7H,1-3H3,(H,18,21)(H,19,20). The van der Waals surface area contributed by atoms with E-state index < -0.39 is 23.5 Å². The largest absolute Gasteiger partial charge is 0.477 e. The van der Waals surface area contributed by atoms with Crippen molar-refractivity contribution >= 4 is 17.7 Å². The number of aromatic carboxylic acids is 1. The fraction of sp³-hybridized carbons (Fsp3) is 0.267. The first-order chi connectivity index (χ1) is 10.7. The zero-order chi connectivity index (χ0) is 17.2. The fourth-order valence-corrected chi connectivity index (χ4v) is 1.78. The zero-order valence-electron chi connectivity index (χ0n) is 12.7. The van der Waals surface area contributed by atoms with Gasteiger partial charge >= 0.3 is 12.1 Å². The van der Waals surface area contributed by atoms with Gasteiger partial charge in [0.2, 0.25) is 0 Å². The van der Waals surface area contributed by atoms with Crippen LogP contribution in [0.4, 0.5) is 14.9 Å². The number of carbonyl (C=O) groups excluding carboxylic acids is 1. The molecule has 0 saturated carbocycles. The quantitative estimate of drug-likeness (QED) is 0.896. The second kappa shape index (κ2) is 6.07. The molecule has 0 aliphatic carbocycles. The normalized spacial score (nSPS) is 11.1. The summed E-state index contributed by atoms with van der Waals surface area (Å²) in [6.07, 6.45) is 0.261. The van der Waals surface area contributed by atoms with Crippen molar-refractivity contribution < 1.29 is 28.3 Å². The molecule has 0 radical (unpaired) electrons. The number of hydrogen-bond acceptors (Lipinski definition) is 5. The monoisotopic (exact) mass is 322 g/mol. The number of carbonyl (C=O) groups is 2. The van der Waals surface area contributed by atoms with Crippen molar-refractivity contribution in [3.8, 4) is 11.3 Å². The highest BCUT2D eigenvalue weighted by Crippen LogP contribution is 2.29. The van der Waals surface area contributed by atoms with Crippen molar-refractivity contribution in [2.45, 2.75) is 26.4 Å². The van der Waals surface area contributed by atoms with E-state index in [-0.39, 0.29) is 22.6 Å². The Morgan fingerprint density at radius 2 is 2.04 bits per heavy atom. The van der Waals surface area contributed by atoms with Gasteiger partial charge in [-0.05, 0) is 39.0 Å². The van der Waals surface area contributed by atoms with Crippen molar-refractivity contribution in [1.29, 1.82) is 0 Å². The SMILES string of the molecule is CC(C)(C)OC(=O)Nc1ccc(F)c(-c2oncc2C(=O)O)c1. The number of nitrogens with one attached hydrogen (secondary N) is 1. The number of anilines is 1. The lowest BCUT2D eigenvalue weighted by molar-refractivity contribution is 0.0634. The minimum Gasteiger partial charge on any atom is -0.477 e. The minimum absolute atomic E-state index is 0.131. The number of carboxylic acids is 1. The Morgan fingerprint density at radius 1 is 1.35 bits per heavy atom. The highest BCUT2D eigenvalue weighted by Gasteiger charge is 2.21. The van der Waals surface area contributed by atoms with Crippen LogP contribution < -0.4 is 5.32 Å². The predicted molar refractivity (Wildman–Crippen MR) is 78.7 cm³/mol. The van der Waals surface area contributed by atoms with Crippen molar-refractivity contribution in [1.82, 2.24) is 5.16 Å². The molecule has 7 nitrogen and oxygen atoms in total. The number of halogens is 1. The molecule has 2 rings (SSSR count). The Bertz CT molecular complexity index is 749. The summed E-state index contributed by atoms with van der Waals surface area (Å²) in [4.78, 5) is 22.8. The number of rotatable bonds is 3. The maximum atomic E-state index is 14.0. The van der Waals surface area contributed by atoms with Gasteiger partial charge in [-0.3, -0.25) is 5.32 Å². The third-order valence-corrected chi connectivity index (χ3v) is 2.66. The summed E-state index contributed by atoms with van der Waals surface area (Å²) in [6, 6.07) is 3.64. The third kappa shape index (κ3) is 4.06. The first-order valence-corrected chi connectivity index (χ1v) is 6.65. The molecule has 0 spiro atoms. The minimum atomic E-state index is -1.30. The van der Waals surface area contributed by atoms with Crippen LogP contribution in [0.15, 0.2) is 28.9 Å². The molecule has 1 heterocycles. The Labute approximate surface area is 131 Å². The summed E-state index contributed by atoms with van der Waals surface area (Å²) in [7, 11) is 0. The molecule has 122 valence electrons. The van der Waals surface area contributed by atoms with Crippen LogP contribution >= 0.6 is 0 Å². The van der Waals surface area contributed by atoms with Crippen LogP contribution in [0.3, 0.4) is 0 Å². The lowest BCUT2D eigenvalue weighted by atomic mass is 10.1. The van der Waals surface area contributed by atoms with Gasteiger partial charge in [0.05, 0.1) is 11.8 Å². The van der Waals surface area contributed by atoms with E-state index in [9.17, 15) is 14.0 Å². The van der Waals surface area contributed by atoms with Crippen LogP contribution in [0.5, 0.6) is 0 Å². The Balaban J connectivity index is 2.31. The van der Waals surface area contributed by atoms with Gasteiger partial charge in [0.1, 0.15) is 17.0 Å². The van der Waals surface area contributed by atoms with Crippen molar-refractivity contribution in [2.24, 2.45) is 0 Å². The van der Waals surface area contributed by atoms with Crippen LogP contribution in [0.25, 0.3) is 11.3 Å². The van der Waals surface area contributed by atoms with E-state index in [0.717, 1.165) is 12.3 Å². The van der Waals surface area contributed by atoms with Gasteiger partial charge in [-0.25, -0.2) is 14.0 Å². The molecule has 0 saturated heterocycles. The molecule has 0 aliphatic heterocycles. The Morgan fingerprint density at radius 3 is 2.65 bits per heavy atom. The van der Waals surface area contributed by atoms with Crippen molar-refractivity contribution in [3.05, 3.63) is 35.8 Å². The van der Waals surface area contributed by atoms with E-state index in [2.05, 4.69) is 10.5 Å². The van der Waals surface area contributed by atoms with Crippen LogP contribution in [0.2, 0.25) is 0 Å². The van der Waals surface area contributed by atoms with Gasteiger partial charge in [-0.1, -0.05) is 5.16 Å². The summed E-state index contributed by atoms with van der Waals surface area (Å²) in [5, 5.41) is 14.8. The summed E-state index contributed by atoms with van der Waals surface area (Å²) in [5.41, 5.74) is -0.871. The topological polar surface area (TPSA) is 102 Å². The Kier molecular flexibility index (Phi) is 4.35. The van der Waals surface area contributed by atoms with Crippen LogP contribution in [0.1, 0.15) is 31.1 Å². The highest BCUT2D eigenvalue weighted by molar-refractivity contribution is 5.94. The number of amides is 1. The van der Waals surface area contributed by atoms with Gasteiger partial charge in [0.25, 0.3) is 0 Å². The number of aromatic nitrogens is 1. The molecule has 1 aromatic heterocycles. The zero-order valence-corrected chi connectivity index (χ0v) is 12.7. The van der Waals surface area contributed by atoms with E-state index in [1.165, 1.54) is 12.1 Å². The van der Waals surface area contributed by atoms with Gasteiger partial charge in [0.15, 0.2) is 5.76 Å². The number of benzene rings is 1. The average Bonchev–Trinajstić information content (AvgIpc) is 2.88. The molecule has 0 fully saturated rings. The molecule has 2 aromatic rings. The summed E-state index contributed by atoms with van der Waals surface area (Å²) < 4.78 is 23.9. The molecule has 0 unspecified atom stereocenters. The molecular weight excluding hydrogens is 307 g/mol. The molecule has 0 bridgehead atoms. The maximum absolute atomic E-state index is 14.0. The van der Waals surface area contributed by atoms with Gasteiger partial charge in [-0.2, -0.15) is 0 Å². The number of nitrogens with zero attached hydrogens (tertiary/aromatic N) is 1. The summed E-state index contributed by atoms with van der Waals surface area (Å²) >= 11 is 0. The van der Waals surface area contributed by atoms with Crippen LogP contribution in [-0.2, 0) is 4.74 Å².